The van der Waals surface area contributed by atoms with Gasteiger partial charge in [-0.1, -0.05) is 47.0 Å². The van der Waals surface area contributed by atoms with Crippen LogP contribution < -0.4 is 5.32 Å². The van der Waals surface area contributed by atoms with E-state index in [2.05, 4.69) is 33.0 Å². The summed E-state index contributed by atoms with van der Waals surface area (Å²) in [5.74, 6) is 1.72. The van der Waals surface area contributed by atoms with Crippen LogP contribution in [0.1, 0.15) is 59.8 Å². The molecule has 1 aliphatic carbocycles. The van der Waals surface area contributed by atoms with E-state index in [4.69, 9.17) is 0 Å². The van der Waals surface area contributed by atoms with E-state index in [1.807, 2.05) is 0 Å². The molecule has 0 heterocycles. The van der Waals surface area contributed by atoms with Gasteiger partial charge in [0.25, 0.3) is 0 Å². The Labute approximate surface area is 96.0 Å². The van der Waals surface area contributed by atoms with Crippen molar-refractivity contribution in [2.45, 2.75) is 59.8 Å². The van der Waals surface area contributed by atoms with Crippen molar-refractivity contribution in [3.8, 4) is 0 Å². The molecule has 0 aliphatic heterocycles. The average molecular weight is 211 g/mol. The minimum atomic E-state index is 0.495. The van der Waals surface area contributed by atoms with E-state index < -0.39 is 0 Å². The third kappa shape index (κ3) is 4.55. The fourth-order valence-corrected chi connectivity index (χ4v) is 2.71. The molecular formula is C14H29N. The molecule has 0 bridgehead atoms. The van der Waals surface area contributed by atoms with Crippen LogP contribution in [0.4, 0.5) is 0 Å². The van der Waals surface area contributed by atoms with Crippen molar-refractivity contribution in [2.75, 3.05) is 13.1 Å². The summed E-state index contributed by atoms with van der Waals surface area (Å²) in [7, 11) is 0. The highest BCUT2D eigenvalue weighted by molar-refractivity contribution is 4.82. The highest BCUT2D eigenvalue weighted by atomic mass is 14.9. The van der Waals surface area contributed by atoms with Crippen molar-refractivity contribution in [2.24, 2.45) is 17.3 Å². The fourth-order valence-electron chi connectivity index (χ4n) is 2.71. The summed E-state index contributed by atoms with van der Waals surface area (Å²) in [6.07, 6.45) is 7.29. The van der Waals surface area contributed by atoms with Crippen LogP contribution in [0, 0.1) is 17.3 Å². The zero-order valence-electron chi connectivity index (χ0n) is 11.1. The second-order valence-corrected chi connectivity index (χ2v) is 6.35. The average Bonchev–Trinajstić information content (AvgIpc) is 2.18. The molecule has 0 aromatic heterocycles. The lowest BCUT2D eigenvalue weighted by molar-refractivity contribution is 0.153. The SMILES string of the molecule is CC(C)CNCC(C)(C)C1CCCCC1. The first kappa shape index (κ1) is 13.0. The molecule has 90 valence electrons. The van der Waals surface area contributed by atoms with Crippen molar-refractivity contribution < 1.29 is 0 Å². The van der Waals surface area contributed by atoms with Gasteiger partial charge < -0.3 is 5.32 Å². The minimum absolute atomic E-state index is 0.495. The summed E-state index contributed by atoms with van der Waals surface area (Å²) in [5.41, 5.74) is 0.495. The fraction of sp³-hybridized carbons (Fsp3) is 1.00. The van der Waals surface area contributed by atoms with E-state index in [1.54, 1.807) is 0 Å². The van der Waals surface area contributed by atoms with Crippen molar-refractivity contribution >= 4 is 0 Å². The zero-order valence-corrected chi connectivity index (χ0v) is 11.1. The van der Waals surface area contributed by atoms with Gasteiger partial charge in [0, 0.05) is 6.54 Å². The van der Waals surface area contributed by atoms with Crippen molar-refractivity contribution in [3.05, 3.63) is 0 Å². The van der Waals surface area contributed by atoms with E-state index in [0.717, 1.165) is 18.4 Å². The molecule has 0 unspecified atom stereocenters. The van der Waals surface area contributed by atoms with Crippen molar-refractivity contribution in [1.29, 1.82) is 0 Å². The molecule has 0 radical (unpaired) electrons. The van der Waals surface area contributed by atoms with Crippen LogP contribution in [-0.2, 0) is 0 Å². The second kappa shape index (κ2) is 5.89. The largest absolute Gasteiger partial charge is 0.316 e. The molecule has 0 spiro atoms. The molecule has 0 amide bonds. The molecule has 0 saturated heterocycles. The minimum Gasteiger partial charge on any atom is -0.316 e. The van der Waals surface area contributed by atoms with Crippen LogP contribution in [0.25, 0.3) is 0 Å². The van der Waals surface area contributed by atoms with Gasteiger partial charge in [0.2, 0.25) is 0 Å². The Bertz CT molecular complexity index is 166. The van der Waals surface area contributed by atoms with E-state index in [9.17, 15) is 0 Å². The van der Waals surface area contributed by atoms with Gasteiger partial charge in [0.15, 0.2) is 0 Å². The Balaban J connectivity index is 2.29. The van der Waals surface area contributed by atoms with Crippen LogP contribution in [0.15, 0.2) is 0 Å². The Kier molecular flexibility index (Phi) is 5.11. The molecule has 15 heavy (non-hydrogen) atoms. The summed E-state index contributed by atoms with van der Waals surface area (Å²) < 4.78 is 0. The number of nitrogens with one attached hydrogen (secondary N) is 1. The normalized spacial score (nSPS) is 19.8. The molecule has 1 fully saturated rings. The predicted molar refractivity (Wildman–Crippen MR) is 68.1 cm³/mol. The summed E-state index contributed by atoms with van der Waals surface area (Å²) in [4.78, 5) is 0. The standard InChI is InChI=1S/C14H29N/c1-12(2)10-15-11-14(3,4)13-8-6-5-7-9-13/h12-13,15H,5-11H2,1-4H3. The maximum absolute atomic E-state index is 3.62. The van der Waals surface area contributed by atoms with Gasteiger partial charge in [-0.05, 0) is 36.6 Å². The number of rotatable bonds is 5. The topological polar surface area (TPSA) is 12.0 Å². The van der Waals surface area contributed by atoms with Gasteiger partial charge in [-0.15, -0.1) is 0 Å². The lowest BCUT2D eigenvalue weighted by Gasteiger charge is -2.37. The summed E-state index contributed by atoms with van der Waals surface area (Å²) in [6.45, 7) is 11.8. The Hall–Kier alpha value is -0.0400. The third-order valence-corrected chi connectivity index (χ3v) is 3.84. The summed E-state index contributed by atoms with van der Waals surface area (Å²) in [6, 6.07) is 0. The molecule has 0 atom stereocenters. The van der Waals surface area contributed by atoms with E-state index in [1.165, 1.54) is 38.6 Å². The lowest BCUT2D eigenvalue weighted by Crippen LogP contribution is -2.38. The van der Waals surface area contributed by atoms with Crippen molar-refractivity contribution in [3.63, 3.8) is 0 Å². The lowest BCUT2D eigenvalue weighted by atomic mass is 9.71. The first-order valence-corrected chi connectivity index (χ1v) is 6.73. The first-order valence-electron chi connectivity index (χ1n) is 6.73. The van der Waals surface area contributed by atoms with E-state index in [0.29, 0.717) is 5.41 Å². The molecule has 1 rings (SSSR count). The Morgan fingerprint density at radius 1 is 1.13 bits per heavy atom. The third-order valence-electron chi connectivity index (χ3n) is 3.84. The van der Waals surface area contributed by atoms with Crippen LogP contribution in [0.5, 0.6) is 0 Å². The molecule has 1 aliphatic rings. The molecular weight excluding hydrogens is 182 g/mol. The Morgan fingerprint density at radius 2 is 1.73 bits per heavy atom. The molecule has 0 aromatic rings. The predicted octanol–water partition coefficient (Wildman–Crippen LogP) is 3.84. The van der Waals surface area contributed by atoms with E-state index >= 15 is 0 Å². The van der Waals surface area contributed by atoms with Gasteiger partial charge in [0.05, 0.1) is 0 Å². The van der Waals surface area contributed by atoms with Gasteiger partial charge in [-0.25, -0.2) is 0 Å². The van der Waals surface area contributed by atoms with Gasteiger partial charge in [-0.2, -0.15) is 0 Å². The van der Waals surface area contributed by atoms with Crippen molar-refractivity contribution in [1.82, 2.24) is 5.32 Å². The van der Waals surface area contributed by atoms with Crippen LogP contribution >= 0.6 is 0 Å². The first-order chi connectivity index (χ1) is 7.02. The Morgan fingerprint density at radius 3 is 2.27 bits per heavy atom. The molecule has 1 saturated carbocycles. The highest BCUT2D eigenvalue weighted by Gasteiger charge is 2.29. The highest BCUT2D eigenvalue weighted by Crippen LogP contribution is 2.37. The van der Waals surface area contributed by atoms with E-state index in [-0.39, 0.29) is 0 Å². The summed E-state index contributed by atoms with van der Waals surface area (Å²) >= 11 is 0. The van der Waals surface area contributed by atoms with Gasteiger partial charge in [-0.3, -0.25) is 0 Å². The molecule has 1 heteroatoms. The quantitative estimate of drug-likeness (QED) is 0.728. The van der Waals surface area contributed by atoms with Crippen LogP contribution in [-0.4, -0.2) is 13.1 Å². The maximum atomic E-state index is 3.62. The molecule has 1 nitrogen and oxygen atoms in total. The van der Waals surface area contributed by atoms with Crippen LogP contribution in [0.3, 0.4) is 0 Å². The monoisotopic (exact) mass is 211 g/mol. The smallest absolute Gasteiger partial charge is 0.000528 e. The summed E-state index contributed by atoms with van der Waals surface area (Å²) in [5, 5.41) is 3.62. The zero-order chi connectivity index (χ0) is 11.3. The molecule has 0 aromatic carbocycles. The number of hydrogen-bond donors (Lipinski definition) is 1. The number of hydrogen-bond acceptors (Lipinski definition) is 1. The van der Waals surface area contributed by atoms with Gasteiger partial charge >= 0.3 is 0 Å². The second-order valence-electron chi connectivity index (χ2n) is 6.35. The van der Waals surface area contributed by atoms with Crippen LogP contribution in [0.2, 0.25) is 0 Å². The van der Waals surface area contributed by atoms with Gasteiger partial charge in [0.1, 0.15) is 0 Å². The maximum Gasteiger partial charge on any atom is 0.000528 e. The molecule has 1 N–H and O–H groups in total.